The molecule has 0 bridgehead atoms. The van der Waals surface area contributed by atoms with E-state index in [1.807, 2.05) is 47.3 Å². The summed E-state index contributed by atoms with van der Waals surface area (Å²) in [5.74, 6) is 0.0948. The first kappa shape index (κ1) is 13.5. The molecule has 0 amide bonds. The van der Waals surface area contributed by atoms with Crippen molar-refractivity contribution in [2.24, 2.45) is 0 Å². The van der Waals surface area contributed by atoms with E-state index in [9.17, 15) is 5.11 Å². The number of para-hydroxylation sites is 2. The summed E-state index contributed by atoms with van der Waals surface area (Å²) >= 11 is 5.92. The fourth-order valence-corrected chi connectivity index (χ4v) is 2.30. The van der Waals surface area contributed by atoms with Crippen LogP contribution < -0.4 is 5.32 Å². The fraction of sp³-hybridized carbons (Fsp3) is 0.0625. The van der Waals surface area contributed by atoms with Gasteiger partial charge in [-0.3, -0.25) is 0 Å². The third kappa shape index (κ3) is 3.01. The largest absolute Gasteiger partial charge is 0.506 e. The molecule has 2 N–H and O–H groups in total. The van der Waals surface area contributed by atoms with Gasteiger partial charge in [-0.15, -0.1) is 0 Å². The molecule has 106 valence electrons. The van der Waals surface area contributed by atoms with Crippen LogP contribution in [0.1, 0.15) is 5.56 Å². The third-order valence-corrected chi connectivity index (χ3v) is 3.45. The van der Waals surface area contributed by atoms with Gasteiger partial charge in [-0.2, -0.15) is 5.10 Å². The molecule has 0 fully saturated rings. The number of phenols is 1. The average molecular weight is 300 g/mol. The maximum atomic E-state index is 9.43. The van der Waals surface area contributed by atoms with Gasteiger partial charge in [0.25, 0.3) is 0 Å². The zero-order chi connectivity index (χ0) is 14.7. The monoisotopic (exact) mass is 299 g/mol. The second-order valence-electron chi connectivity index (χ2n) is 4.61. The number of phenolic OH excluding ortho intramolecular Hbond substituents is 1. The van der Waals surface area contributed by atoms with Gasteiger partial charge in [0, 0.05) is 18.9 Å². The molecular formula is C16H14ClN3O. The van der Waals surface area contributed by atoms with E-state index in [2.05, 4.69) is 10.4 Å². The van der Waals surface area contributed by atoms with Crippen LogP contribution in [-0.4, -0.2) is 14.9 Å². The first-order valence-electron chi connectivity index (χ1n) is 6.54. The Hall–Kier alpha value is -2.46. The van der Waals surface area contributed by atoms with Gasteiger partial charge in [0.1, 0.15) is 5.75 Å². The predicted molar refractivity (Wildman–Crippen MR) is 84.0 cm³/mol. The first-order chi connectivity index (χ1) is 10.2. The van der Waals surface area contributed by atoms with E-state index in [1.54, 1.807) is 18.3 Å². The van der Waals surface area contributed by atoms with Gasteiger partial charge in [0.15, 0.2) is 0 Å². The van der Waals surface area contributed by atoms with Crippen molar-refractivity contribution in [2.45, 2.75) is 6.54 Å². The smallest absolute Gasteiger partial charge is 0.134 e. The van der Waals surface area contributed by atoms with Gasteiger partial charge in [0.05, 0.1) is 16.4 Å². The van der Waals surface area contributed by atoms with E-state index in [-0.39, 0.29) is 5.75 Å². The van der Waals surface area contributed by atoms with Crippen molar-refractivity contribution in [1.82, 2.24) is 9.78 Å². The molecule has 0 saturated carbocycles. The van der Waals surface area contributed by atoms with Gasteiger partial charge in [-0.25, -0.2) is 4.68 Å². The third-order valence-electron chi connectivity index (χ3n) is 3.15. The summed E-state index contributed by atoms with van der Waals surface area (Å²) in [6.45, 7) is 0.609. The molecular weight excluding hydrogens is 286 g/mol. The Morgan fingerprint density at radius 2 is 2.00 bits per heavy atom. The number of aromatic hydroxyl groups is 1. The Kier molecular flexibility index (Phi) is 3.79. The molecule has 0 aliphatic carbocycles. The van der Waals surface area contributed by atoms with E-state index in [4.69, 9.17) is 11.6 Å². The lowest BCUT2D eigenvalue weighted by Crippen LogP contribution is -2.04. The molecule has 3 aromatic rings. The number of hydrogen-bond acceptors (Lipinski definition) is 3. The van der Waals surface area contributed by atoms with Crippen molar-refractivity contribution in [2.75, 3.05) is 5.32 Å². The molecule has 0 spiro atoms. The molecule has 0 aliphatic rings. The van der Waals surface area contributed by atoms with Crippen LogP contribution >= 0.6 is 11.6 Å². The van der Waals surface area contributed by atoms with Crippen molar-refractivity contribution in [3.05, 3.63) is 71.5 Å². The van der Waals surface area contributed by atoms with Crippen LogP contribution in [0.25, 0.3) is 5.69 Å². The van der Waals surface area contributed by atoms with Crippen LogP contribution in [0.3, 0.4) is 0 Å². The molecule has 0 radical (unpaired) electrons. The summed E-state index contributed by atoms with van der Waals surface area (Å²) in [6.07, 6.45) is 3.65. The van der Waals surface area contributed by atoms with E-state index < -0.39 is 0 Å². The fourth-order valence-electron chi connectivity index (χ4n) is 2.09. The topological polar surface area (TPSA) is 50.1 Å². The normalized spacial score (nSPS) is 10.5. The second kappa shape index (κ2) is 5.89. The molecule has 3 rings (SSSR count). The van der Waals surface area contributed by atoms with Crippen molar-refractivity contribution in [1.29, 1.82) is 0 Å². The molecule has 0 aliphatic heterocycles. The minimum atomic E-state index is 0.0948. The summed E-state index contributed by atoms with van der Waals surface area (Å²) in [5, 5.41) is 17.4. The molecule has 2 aromatic carbocycles. The first-order valence-corrected chi connectivity index (χ1v) is 6.92. The minimum absolute atomic E-state index is 0.0948. The van der Waals surface area contributed by atoms with Crippen LogP contribution in [0.15, 0.2) is 60.9 Å². The Morgan fingerprint density at radius 1 is 1.14 bits per heavy atom. The maximum Gasteiger partial charge on any atom is 0.134 e. The van der Waals surface area contributed by atoms with E-state index in [1.165, 1.54) is 0 Å². The number of benzene rings is 2. The van der Waals surface area contributed by atoms with Crippen LogP contribution in [0.5, 0.6) is 5.75 Å². The molecule has 5 heteroatoms. The van der Waals surface area contributed by atoms with Gasteiger partial charge in [-0.1, -0.05) is 29.8 Å². The Bertz CT molecular complexity index is 741. The van der Waals surface area contributed by atoms with E-state index in [0.717, 1.165) is 16.9 Å². The quantitative estimate of drug-likeness (QED) is 0.769. The Balaban J connectivity index is 1.81. The van der Waals surface area contributed by atoms with Crippen molar-refractivity contribution in [3.8, 4) is 11.4 Å². The lowest BCUT2D eigenvalue weighted by Gasteiger charge is -2.12. The van der Waals surface area contributed by atoms with Crippen LogP contribution in [0.2, 0.25) is 5.02 Å². The molecule has 1 heterocycles. The highest BCUT2D eigenvalue weighted by molar-refractivity contribution is 6.32. The van der Waals surface area contributed by atoms with Crippen LogP contribution in [0.4, 0.5) is 5.69 Å². The number of hydrogen-bond donors (Lipinski definition) is 2. The van der Waals surface area contributed by atoms with Crippen molar-refractivity contribution < 1.29 is 5.11 Å². The Labute approximate surface area is 127 Å². The maximum absolute atomic E-state index is 9.43. The number of nitrogens with zero attached hydrogens (tertiary/aromatic N) is 2. The highest BCUT2D eigenvalue weighted by atomic mass is 35.5. The summed E-state index contributed by atoms with van der Waals surface area (Å²) in [5.41, 5.74) is 2.95. The Morgan fingerprint density at radius 3 is 2.76 bits per heavy atom. The van der Waals surface area contributed by atoms with Gasteiger partial charge >= 0.3 is 0 Å². The highest BCUT2D eigenvalue weighted by Gasteiger charge is 2.05. The summed E-state index contributed by atoms with van der Waals surface area (Å²) in [4.78, 5) is 0. The molecule has 21 heavy (non-hydrogen) atoms. The van der Waals surface area contributed by atoms with Crippen LogP contribution in [-0.2, 0) is 6.54 Å². The lowest BCUT2D eigenvalue weighted by molar-refractivity contribution is 0.475. The van der Waals surface area contributed by atoms with Crippen molar-refractivity contribution >= 4 is 17.3 Å². The van der Waals surface area contributed by atoms with Crippen LogP contribution in [0, 0.1) is 0 Å². The molecule has 4 nitrogen and oxygen atoms in total. The molecule has 0 saturated heterocycles. The summed E-state index contributed by atoms with van der Waals surface area (Å²) in [6, 6.07) is 15.0. The molecule has 0 unspecified atom stereocenters. The SMILES string of the molecule is Oc1ccc(CNc2ccccc2-n2cccn2)cc1Cl. The second-order valence-corrected chi connectivity index (χ2v) is 5.01. The number of rotatable bonds is 4. The number of halogens is 1. The summed E-state index contributed by atoms with van der Waals surface area (Å²) < 4.78 is 1.81. The zero-order valence-corrected chi connectivity index (χ0v) is 12.0. The number of aromatic nitrogens is 2. The molecule has 1 aromatic heterocycles. The number of anilines is 1. The standard InChI is InChI=1S/C16H14ClN3O/c17-13-10-12(6-7-16(13)21)11-18-14-4-1-2-5-15(14)20-9-3-8-19-20/h1-10,18,21H,11H2. The van der Waals surface area contributed by atoms with E-state index >= 15 is 0 Å². The minimum Gasteiger partial charge on any atom is -0.506 e. The predicted octanol–water partition coefficient (Wildman–Crippen LogP) is 3.84. The number of nitrogens with one attached hydrogen (secondary N) is 1. The highest BCUT2D eigenvalue weighted by Crippen LogP contribution is 2.25. The van der Waals surface area contributed by atoms with Gasteiger partial charge in [0.2, 0.25) is 0 Å². The van der Waals surface area contributed by atoms with Gasteiger partial charge < -0.3 is 10.4 Å². The zero-order valence-electron chi connectivity index (χ0n) is 11.2. The average Bonchev–Trinajstić information content (AvgIpc) is 3.03. The molecule has 0 atom stereocenters. The lowest BCUT2D eigenvalue weighted by atomic mass is 10.2. The van der Waals surface area contributed by atoms with E-state index in [0.29, 0.717) is 11.6 Å². The van der Waals surface area contributed by atoms with Crippen molar-refractivity contribution in [3.63, 3.8) is 0 Å². The van der Waals surface area contributed by atoms with Gasteiger partial charge in [-0.05, 0) is 35.9 Å². The summed E-state index contributed by atoms with van der Waals surface area (Å²) in [7, 11) is 0.